The van der Waals surface area contributed by atoms with Gasteiger partial charge in [0.2, 0.25) is 5.91 Å². The number of amides is 1. The predicted molar refractivity (Wildman–Crippen MR) is 90.6 cm³/mol. The summed E-state index contributed by atoms with van der Waals surface area (Å²) in [5.41, 5.74) is 4.19. The van der Waals surface area contributed by atoms with E-state index in [1.54, 1.807) is 19.0 Å². The van der Waals surface area contributed by atoms with Gasteiger partial charge in [-0.1, -0.05) is 42.0 Å². The Kier molecular flexibility index (Phi) is 4.15. The van der Waals surface area contributed by atoms with Crippen molar-refractivity contribution in [3.63, 3.8) is 0 Å². The number of carbonyl (C=O) groups excluding carboxylic acids is 1. The number of nitrogens with zero attached hydrogens (tertiary/aromatic N) is 2. The van der Waals surface area contributed by atoms with Gasteiger partial charge in [0.1, 0.15) is 5.75 Å². The van der Waals surface area contributed by atoms with Crippen LogP contribution in [0.2, 0.25) is 0 Å². The third-order valence-corrected chi connectivity index (χ3v) is 4.06. The van der Waals surface area contributed by atoms with Gasteiger partial charge in [-0.2, -0.15) is 5.10 Å². The molecule has 1 atom stereocenters. The molecule has 2 aromatic carbocycles. The van der Waals surface area contributed by atoms with E-state index in [0.717, 1.165) is 22.6 Å². The van der Waals surface area contributed by atoms with Crippen molar-refractivity contribution in [3.05, 3.63) is 65.2 Å². The smallest absolute Gasteiger partial charge is 0.240 e. The molecule has 4 nitrogen and oxygen atoms in total. The standard InChI is InChI=1S/C19H20N2O2/c1-13-6-4-8-16(10-13)19-12-18(20-21(19)14(2)22)15-7-5-9-17(11-15)23-3/h4-11,19H,12H2,1-3H3/t19-/m0/s1. The van der Waals surface area contributed by atoms with Crippen LogP contribution in [-0.4, -0.2) is 23.7 Å². The molecule has 2 aromatic rings. The fourth-order valence-corrected chi connectivity index (χ4v) is 2.91. The number of methoxy groups -OCH3 is 1. The number of hydrogen-bond donors (Lipinski definition) is 0. The van der Waals surface area contributed by atoms with Crippen molar-refractivity contribution in [1.29, 1.82) is 0 Å². The zero-order chi connectivity index (χ0) is 16.4. The van der Waals surface area contributed by atoms with Gasteiger partial charge in [-0.05, 0) is 24.6 Å². The largest absolute Gasteiger partial charge is 0.497 e. The first-order valence-corrected chi connectivity index (χ1v) is 7.67. The molecule has 3 rings (SSSR count). The summed E-state index contributed by atoms with van der Waals surface area (Å²) >= 11 is 0. The molecule has 4 heteroatoms. The molecule has 23 heavy (non-hydrogen) atoms. The van der Waals surface area contributed by atoms with Crippen molar-refractivity contribution in [3.8, 4) is 5.75 Å². The van der Waals surface area contributed by atoms with Gasteiger partial charge in [0, 0.05) is 18.9 Å². The van der Waals surface area contributed by atoms with E-state index in [1.807, 2.05) is 30.3 Å². The van der Waals surface area contributed by atoms with Crippen LogP contribution in [0.3, 0.4) is 0 Å². The number of ether oxygens (including phenoxy) is 1. The van der Waals surface area contributed by atoms with Crippen molar-refractivity contribution < 1.29 is 9.53 Å². The van der Waals surface area contributed by atoms with Crippen LogP contribution in [-0.2, 0) is 4.79 Å². The molecule has 0 spiro atoms. The zero-order valence-electron chi connectivity index (χ0n) is 13.6. The van der Waals surface area contributed by atoms with Gasteiger partial charge in [0.15, 0.2) is 0 Å². The average Bonchev–Trinajstić information content (AvgIpc) is 3.00. The third kappa shape index (κ3) is 3.11. The second-order valence-corrected chi connectivity index (χ2v) is 5.78. The Morgan fingerprint density at radius 3 is 2.70 bits per heavy atom. The topological polar surface area (TPSA) is 41.9 Å². The summed E-state index contributed by atoms with van der Waals surface area (Å²) in [7, 11) is 1.65. The average molecular weight is 308 g/mol. The van der Waals surface area contributed by atoms with Crippen molar-refractivity contribution >= 4 is 11.6 Å². The van der Waals surface area contributed by atoms with E-state index < -0.39 is 0 Å². The number of hydrogen-bond acceptors (Lipinski definition) is 3. The van der Waals surface area contributed by atoms with Crippen LogP contribution in [0.4, 0.5) is 0 Å². The summed E-state index contributed by atoms with van der Waals surface area (Å²) in [5.74, 6) is 0.744. The molecule has 0 saturated carbocycles. The van der Waals surface area contributed by atoms with E-state index >= 15 is 0 Å². The molecule has 1 aliphatic rings. The van der Waals surface area contributed by atoms with E-state index in [1.165, 1.54) is 5.56 Å². The Balaban J connectivity index is 1.95. The maximum Gasteiger partial charge on any atom is 0.240 e. The van der Waals surface area contributed by atoms with E-state index in [4.69, 9.17) is 4.74 Å². The zero-order valence-corrected chi connectivity index (χ0v) is 13.6. The highest BCUT2D eigenvalue weighted by Gasteiger charge is 2.31. The third-order valence-electron chi connectivity index (χ3n) is 4.06. The minimum atomic E-state index is -0.0476. The van der Waals surface area contributed by atoms with Gasteiger partial charge in [0.05, 0.1) is 18.9 Å². The first-order valence-electron chi connectivity index (χ1n) is 7.67. The molecule has 0 aromatic heterocycles. The van der Waals surface area contributed by atoms with Gasteiger partial charge in [0.25, 0.3) is 0 Å². The fraction of sp³-hybridized carbons (Fsp3) is 0.263. The maximum absolute atomic E-state index is 12.0. The predicted octanol–water partition coefficient (Wildman–Crippen LogP) is 3.70. The summed E-state index contributed by atoms with van der Waals surface area (Å²) in [6.45, 7) is 3.61. The molecule has 0 aliphatic carbocycles. The highest BCUT2D eigenvalue weighted by atomic mass is 16.5. The fourth-order valence-electron chi connectivity index (χ4n) is 2.91. The highest BCUT2D eigenvalue weighted by molar-refractivity contribution is 6.03. The molecule has 0 saturated heterocycles. The number of aryl methyl sites for hydroxylation is 1. The summed E-state index contributed by atoms with van der Waals surface area (Å²) in [6, 6.07) is 16.0. The first kappa shape index (κ1) is 15.3. The van der Waals surface area contributed by atoms with Crippen LogP contribution >= 0.6 is 0 Å². The van der Waals surface area contributed by atoms with Crippen molar-refractivity contribution in [2.45, 2.75) is 26.3 Å². The Bertz CT molecular complexity index is 767. The normalized spacial score (nSPS) is 17.1. The van der Waals surface area contributed by atoms with Gasteiger partial charge in [-0.3, -0.25) is 4.79 Å². The minimum Gasteiger partial charge on any atom is -0.497 e. The lowest BCUT2D eigenvalue weighted by Gasteiger charge is -2.20. The van der Waals surface area contributed by atoms with Crippen LogP contribution in [0.25, 0.3) is 0 Å². The van der Waals surface area contributed by atoms with Crippen molar-refractivity contribution in [2.75, 3.05) is 7.11 Å². The maximum atomic E-state index is 12.0. The second kappa shape index (κ2) is 6.24. The molecule has 0 unspecified atom stereocenters. The molecule has 118 valence electrons. The Morgan fingerprint density at radius 1 is 1.22 bits per heavy atom. The number of rotatable bonds is 3. The van der Waals surface area contributed by atoms with E-state index in [-0.39, 0.29) is 11.9 Å². The van der Waals surface area contributed by atoms with E-state index in [2.05, 4.69) is 30.2 Å². The molecule has 0 radical (unpaired) electrons. The lowest BCUT2D eigenvalue weighted by atomic mass is 9.97. The van der Waals surface area contributed by atoms with Gasteiger partial charge < -0.3 is 4.74 Å². The SMILES string of the molecule is COc1cccc(C2=NN(C(C)=O)[C@H](c3cccc(C)c3)C2)c1. The van der Waals surface area contributed by atoms with Gasteiger partial charge in [-0.15, -0.1) is 0 Å². The van der Waals surface area contributed by atoms with Crippen LogP contribution < -0.4 is 4.74 Å². The molecule has 0 N–H and O–H groups in total. The van der Waals surface area contributed by atoms with E-state index in [9.17, 15) is 4.79 Å². The number of benzene rings is 2. The minimum absolute atomic E-state index is 0.0468. The highest BCUT2D eigenvalue weighted by Crippen LogP contribution is 2.33. The first-order chi connectivity index (χ1) is 11.1. The quantitative estimate of drug-likeness (QED) is 0.867. The molecular formula is C19H20N2O2. The Hall–Kier alpha value is -2.62. The summed E-state index contributed by atoms with van der Waals surface area (Å²) in [5, 5.41) is 6.15. The lowest BCUT2D eigenvalue weighted by molar-refractivity contribution is -0.130. The van der Waals surface area contributed by atoms with Crippen LogP contribution in [0.15, 0.2) is 53.6 Å². The van der Waals surface area contributed by atoms with Crippen LogP contribution in [0, 0.1) is 6.92 Å². The molecule has 0 fully saturated rings. The molecule has 1 heterocycles. The molecule has 1 aliphatic heterocycles. The summed E-state index contributed by atoms with van der Waals surface area (Å²) in [4.78, 5) is 12.0. The molecule has 0 bridgehead atoms. The van der Waals surface area contributed by atoms with Gasteiger partial charge in [-0.25, -0.2) is 5.01 Å². The van der Waals surface area contributed by atoms with Crippen molar-refractivity contribution in [1.82, 2.24) is 5.01 Å². The number of hydrazone groups is 1. The number of carbonyl (C=O) groups is 1. The molecular weight excluding hydrogens is 288 g/mol. The summed E-state index contributed by atoms with van der Waals surface area (Å²) in [6.07, 6.45) is 0.705. The summed E-state index contributed by atoms with van der Waals surface area (Å²) < 4.78 is 5.28. The second-order valence-electron chi connectivity index (χ2n) is 5.78. The monoisotopic (exact) mass is 308 g/mol. The van der Waals surface area contributed by atoms with Crippen LogP contribution in [0.1, 0.15) is 36.1 Å². The van der Waals surface area contributed by atoms with Crippen molar-refractivity contribution in [2.24, 2.45) is 5.10 Å². The molecule has 1 amide bonds. The Morgan fingerprint density at radius 2 is 2.00 bits per heavy atom. The van der Waals surface area contributed by atoms with Gasteiger partial charge >= 0.3 is 0 Å². The lowest BCUT2D eigenvalue weighted by Crippen LogP contribution is -2.24. The van der Waals surface area contributed by atoms with Crippen LogP contribution in [0.5, 0.6) is 5.75 Å². The Labute approximate surface area is 136 Å². The van der Waals surface area contributed by atoms with E-state index in [0.29, 0.717) is 6.42 Å².